The molecule has 2 aromatic rings. The summed E-state index contributed by atoms with van der Waals surface area (Å²) in [6.45, 7) is 0. The Balaban J connectivity index is 2.05. The van der Waals surface area contributed by atoms with Crippen molar-refractivity contribution in [2.24, 2.45) is 5.92 Å². The lowest BCUT2D eigenvalue weighted by atomic mass is 10.0. The summed E-state index contributed by atoms with van der Waals surface area (Å²) in [7, 11) is 0. The van der Waals surface area contributed by atoms with E-state index in [1.807, 2.05) is 0 Å². The minimum atomic E-state index is -0.608. The van der Waals surface area contributed by atoms with Crippen molar-refractivity contribution in [1.29, 1.82) is 0 Å². The number of H-pyrrole nitrogens is 1. The molecule has 3 rings (SSSR count). The van der Waals surface area contributed by atoms with Gasteiger partial charge in [-0.1, -0.05) is 0 Å². The average molecular weight is 249 g/mol. The van der Waals surface area contributed by atoms with Crippen LogP contribution in [0.25, 0.3) is 11.1 Å². The Hall–Kier alpha value is -1.91. The van der Waals surface area contributed by atoms with E-state index in [4.69, 9.17) is 5.73 Å². The number of rotatable bonds is 3. The molecule has 1 heterocycles. The maximum atomic E-state index is 13.2. The molecular formula is C13H13F2N3. The Kier molecular flexibility index (Phi) is 2.54. The molecule has 0 unspecified atom stereocenters. The van der Waals surface area contributed by atoms with Crippen molar-refractivity contribution in [3.8, 4) is 11.1 Å². The zero-order valence-corrected chi connectivity index (χ0v) is 9.71. The predicted octanol–water partition coefficient (Wildman–Crippen LogP) is 2.89. The van der Waals surface area contributed by atoms with Crippen LogP contribution in [-0.2, 0) is 6.42 Å². The van der Waals surface area contributed by atoms with Crippen LogP contribution in [0.1, 0.15) is 18.5 Å². The van der Waals surface area contributed by atoms with E-state index in [2.05, 4.69) is 10.2 Å². The molecule has 0 aliphatic heterocycles. The van der Waals surface area contributed by atoms with Gasteiger partial charge in [-0.05, 0) is 42.9 Å². The zero-order valence-electron chi connectivity index (χ0n) is 9.71. The van der Waals surface area contributed by atoms with Gasteiger partial charge in [0.25, 0.3) is 0 Å². The molecule has 0 amide bonds. The van der Waals surface area contributed by atoms with Crippen molar-refractivity contribution in [2.45, 2.75) is 19.3 Å². The topological polar surface area (TPSA) is 54.7 Å². The van der Waals surface area contributed by atoms with Crippen molar-refractivity contribution in [3.05, 3.63) is 35.5 Å². The van der Waals surface area contributed by atoms with Crippen molar-refractivity contribution < 1.29 is 8.78 Å². The van der Waals surface area contributed by atoms with Crippen LogP contribution in [0.4, 0.5) is 14.6 Å². The Morgan fingerprint density at radius 2 is 1.89 bits per heavy atom. The molecular weight excluding hydrogens is 236 g/mol. The maximum Gasteiger partial charge on any atom is 0.153 e. The van der Waals surface area contributed by atoms with Gasteiger partial charge in [0.1, 0.15) is 11.6 Å². The number of nitrogens with one attached hydrogen (secondary N) is 1. The van der Waals surface area contributed by atoms with Crippen LogP contribution in [0.2, 0.25) is 0 Å². The fourth-order valence-corrected chi connectivity index (χ4v) is 2.17. The second-order valence-corrected chi connectivity index (χ2v) is 4.77. The lowest BCUT2D eigenvalue weighted by Gasteiger charge is -2.04. The van der Waals surface area contributed by atoms with Crippen molar-refractivity contribution >= 4 is 5.82 Å². The van der Waals surface area contributed by atoms with Gasteiger partial charge in [0.15, 0.2) is 5.82 Å². The highest BCUT2D eigenvalue weighted by Gasteiger charge is 2.25. The van der Waals surface area contributed by atoms with E-state index in [1.165, 1.54) is 25.0 Å². The molecule has 3 nitrogen and oxygen atoms in total. The number of hydrogen-bond donors (Lipinski definition) is 2. The summed E-state index contributed by atoms with van der Waals surface area (Å²) in [6.07, 6.45) is 3.21. The quantitative estimate of drug-likeness (QED) is 0.878. The standard InChI is InChI=1S/C13H13F2N3/c14-9-4-8(5-10(15)6-9)12-11(3-7-1-2-7)17-18-13(12)16/h4-7H,1-3H2,(H3,16,17,18). The third-order valence-corrected chi connectivity index (χ3v) is 3.21. The van der Waals surface area contributed by atoms with Crippen LogP contribution in [-0.4, -0.2) is 10.2 Å². The third-order valence-electron chi connectivity index (χ3n) is 3.21. The van der Waals surface area contributed by atoms with E-state index in [-0.39, 0.29) is 5.82 Å². The van der Waals surface area contributed by atoms with E-state index in [1.54, 1.807) is 0 Å². The summed E-state index contributed by atoms with van der Waals surface area (Å²) in [5, 5.41) is 6.80. The Morgan fingerprint density at radius 1 is 1.22 bits per heavy atom. The van der Waals surface area contributed by atoms with Crippen LogP contribution in [0, 0.1) is 17.6 Å². The van der Waals surface area contributed by atoms with Crippen molar-refractivity contribution in [1.82, 2.24) is 10.2 Å². The first kappa shape index (κ1) is 11.2. The molecule has 5 heteroatoms. The lowest BCUT2D eigenvalue weighted by Crippen LogP contribution is -1.94. The molecule has 1 fully saturated rings. The first-order valence-electron chi connectivity index (χ1n) is 5.92. The molecule has 94 valence electrons. The van der Waals surface area contributed by atoms with Gasteiger partial charge in [-0.3, -0.25) is 5.10 Å². The molecule has 1 aliphatic carbocycles. The molecule has 18 heavy (non-hydrogen) atoms. The van der Waals surface area contributed by atoms with Gasteiger partial charge in [0.05, 0.1) is 0 Å². The van der Waals surface area contributed by atoms with Crippen molar-refractivity contribution in [3.63, 3.8) is 0 Å². The van der Waals surface area contributed by atoms with Crippen LogP contribution in [0.15, 0.2) is 18.2 Å². The monoisotopic (exact) mass is 249 g/mol. The number of nitrogens with zero attached hydrogens (tertiary/aromatic N) is 1. The summed E-state index contributed by atoms with van der Waals surface area (Å²) in [5.41, 5.74) is 7.71. The number of halogens is 2. The lowest BCUT2D eigenvalue weighted by molar-refractivity contribution is 0.584. The highest BCUT2D eigenvalue weighted by molar-refractivity contribution is 5.76. The first-order valence-corrected chi connectivity index (χ1v) is 5.92. The molecule has 0 atom stereocenters. The van der Waals surface area contributed by atoms with E-state index in [0.29, 0.717) is 17.0 Å². The SMILES string of the molecule is Nc1n[nH]c(CC2CC2)c1-c1cc(F)cc(F)c1. The number of nitrogen functional groups attached to an aromatic ring is 1. The maximum absolute atomic E-state index is 13.2. The van der Waals surface area contributed by atoms with Gasteiger partial charge in [-0.25, -0.2) is 8.78 Å². The third kappa shape index (κ3) is 2.08. The second-order valence-electron chi connectivity index (χ2n) is 4.77. The fraction of sp³-hybridized carbons (Fsp3) is 0.308. The average Bonchev–Trinajstić information content (AvgIpc) is 3.01. The minimum absolute atomic E-state index is 0.288. The summed E-state index contributed by atoms with van der Waals surface area (Å²) in [5.74, 6) is -0.288. The molecule has 3 N–H and O–H groups in total. The van der Waals surface area contributed by atoms with Gasteiger partial charge in [0, 0.05) is 17.3 Å². The van der Waals surface area contributed by atoms with Gasteiger partial charge < -0.3 is 5.73 Å². The molecule has 0 spiro atoms. The van der Waals surface area contributed by atoms with Crippen LogP contribution < -0.4 is 5.73 Å². The summed E-state index contributed by atoms with van der Waals surface area (Å²) in [6, 6.07) is 3.40. The molecule has 1 aliphatic rings. The van der Waals surface area contributed by atoms with Gasteiger partial charge in [0.2, 0.25) is 0 Å². The molecule has 0 bridgehead atoms. The first-order chi connectivity index (χ1) is 8.63. The largest absolute Gasteiger partial charge is 0.382 e. The van der Waals surface area contributed by atoms with Crippen LogP contribution in [0.5, 0.6) is 0 Å². The Labute approximate surface area is 103 Å². The normalized spacial score (nSPS) is 15.0. The molecule has 1 saturated carbocycles. The molecule has 0 saturated heterocycles. The fourth-order valence-electron chi connectivity index (χ4n) is 2.17. The van der Waals surface area contributed by atoms with Gasteiger partial charge in [-0.15, -0.1) is 0 Å². The zero-order chi connectivity index (χ0) is 12.7. The number of aromatic nitrogens is 2. The summed E-state index contributed by atoms with van der Waals surface area (Å²) < 4.78 is 26.5. The predicted molar refractivity (Wildman–Crippen MR) is 64.8 cm³/mol. The van der Waals surface area contributed by atoms with Gasteiger partial charge in [-0.2, -0.15) is 5.10 Å². The molecule has 0 radical (unpaired) electrons. The van der Waals surface area contributed by atoms with E-state index in [0.717, 1.165) is 18.2 Å². The van der Waals surface area contributed by atoms with E-state index < -0.39 is 11.6 Å². The number of aromatic amines is 1. The molecule has 1 aromatic carbocycles. The Bertz CT molecular complexity index is 568. The van der Waals surface area contributed by atoms with Crippen LogP contribution in [0.3, 0.4) is 0 Å². The smallest absolute Gasteiger partial charge is 0.153 e. The second kappa shape index (κ2) is 4.08. The van der Waals surface area contributed by atoms with Gasteiger partial charge >= 0.3 is 0 Å². The highest BCUT2D eigenvalue weighted by Crippen LogP contribution is 2.37. The number of benzene rings is 1. The highest BCUT2D eigenvalue weighted by atomic mass is 19.1. The number of anilines is 1. The summed E-state index contributed by atoms with van der Waals surface area (Å²) >= 11 is 0. The van der Waals surface area contributed by atoms with Crippen LogP contribution >= 0.6 is 0 Å². The Morgan fingerprint density at radius 3 is 2.50 bits per heavy atom. The minimum Gasteiger partial charge on any atom is -0.382 e. The van der Waals surface area contributed by atoms with E-state index in [9.17, 15) is 8.78 Å². The number of hydrogen-bond acceptors (Lipinski definition) is 2. The number of nitrogens with two attached hydrogens (primary N) is 1. The van der Waals surface area contributed by atoms with Crippen molar-refractivity contribution in [2.75, 3.05) is 5.73 Å². The van der Waals surface area contributed by atoms with E-state index >= 15 is 0 Å². The summed E-state index contributed by atoms with van der Waals surface area (Å²) in [4.78, 5) is 0. The molecule has 1 aromatic heterocycles.